The number of hydrogen-bond donors (Lipinski definition) is 1. The van der Waals surface area contributed by atoms with Crippen molar-refractivity contribution in [2.24, 2.45) is 23.2 Å². The molecule has 3 heteroatoms. The number of piperazine rings is 1. The highest BCUT2D eigenvalue weighted by Crippen LogP contribution is 2.60. The van der Waals surface area contributed by atoms with E-state index in [-0.39, 0.29) is 5.41 Å². The number of carbonyl (C=O) groups excluding carboxylic acids is 1. The molecular weight excluding hydrogens is 308 g/mol. The highest BCUT2D eigenvalue weighted by Gasteiger charge is 2.55. The number of quaternary nitrogens is 1. The molecule has 0 unspecified atom stereocenters. The van der Waals surface area contributed by atoms with Crippen LogP contribution in [0.4, 0.5) is 0 Å². The summed E-state index contributed by atoms with van der Waals surface area (Å²) in [7, 11) is 0. The van der Waals surface area contributed by atoms with E-state index in [1.165, 1.54) is 44.1 Å². The highest BCUT2D eigenvalue weighted by atomic mass is 16.2. The number of amides is 1. The molecule has 1 aromatic carbocycles. The van der Waals surface area contributed by atoms with E-state index in [4.69, 9.17) is 0 Å². The number of nitrogens with one attached hydrogen (secondary N) is 1. The van der Waals surface area contributed by atoms with Crippen LogP contribution in [0.5, 0.6) is 0 Å². The third-order valence-electron chi connectivity index (χ3n) is 7.55. The van der Waals surface area contributed by atoms with E-state index in [2.05, 4.69) is 35.2 Å². The van der Waals surface area contributed by atoms with E-state index in [1.807, 2.05) is 0 Å². The zero-order chi connectivity index (χ0) is 16.9. The SMILES string of the molecule is O=C(N1CC[NH+](Cc2ccccc2)CC1)C12CC3CC(CC(C3)C1)C2. The molecule has 1 heterocycles. The van der Waals surface area contributed by atoms with Crippen molar-refractivity contribution in [3.05, 3.63) is 35.9 Å². The molecule has 4 aliphatic carbocycles. The van der Waals surface area contributed by atoms with E-state index in [0.29, 0.717) is 5.91 Å². The smallest absolute Gasteiger partial charge is 0.229 e. The third kappa shape index (κ3) is 2.91. The first-order valence-electron chi connectivity index (χ1n) is 10.4. The van der Waals surface area contributed by atoms with E-state index in [0.717, 1.165) is 50.5 Å². The number of rotatable bonds is 3. The predicted octanol–water partition coefficient (Wildman–Crippen LogP) is 2.13. The van der Waals surface area contributed by atoms with Gasteiger partial charge in [0.15, 0.2) is 0 Å². The van der Waals surface area contributed by atoms with Gasteiger partial charge in [-0.3, -0.25) is 4.79 Å². The minimum atomic E-state index is 0.0473. The fourth-order valence-electron chi connectivity index (χ4n) is 6.80. The number of nitrogens with zero attached hydrogens (tertiary/aromatic N) is 1. The summed E-state index contributed by atoms with van der Waals surface area (Å²) in [5.74, 6) is 3.12. The van der Waals surface area contributed by atoms with Gasteiger partial charge < -0.3 is 9.80 Å². The van der Waals surface area contributed by atoms with Crippen molar-refractivity contribution in [3.63, 3.8) is 0 Å². The van der Waals surface area contributed by atoms with E-state index >= 15 is 0 Å². The first kappa shape index (κ1) is 15.9. The summed E-state index contributed by atoms with van der Waals surface area (Å²) in [4.78, 5) is 17.3. The Morgan fingerprint density at radius 1 is 0.960 bits per heavy atom. The normalized spacial score (nSPS) is 37.4. The van der Waals surface area contributed by atoms with Crippen molar-refractivity contribution in [3.8, 4) is 0 Å². The molecule has 5 aliphatic rings. The molecular formula is C22H31N2O+. The number of benzene rings is 1. The molecule has 0 atom stereocenters. The van der Waals surface area contributed by atoms with Gasteiger partial charge in [-0.2, -0.15) is 0 Å². The lowest BCUT2D eigenvalue weighted by molar-refractivity contribution is -0.917. The van der Waals surface area contributed by atoms with Crippen LogP contribution in [0, 0.1) is 23.2 Å². The van der Waals surface area contributed by atoms with Gasteiger partial charge in [0.1, 0.15) is 6.54 Å². The maximum atomic E-state index is 13.4. The van der Waals surface area contributed by atoms with Gasteiger partial charge in [-0.05, 0) is 56.3 Å². The summed E-state index contributed by atoms with van der Waals surface area (Å²) in [6.07, 6.45) is 7.86. The van der Waals surface area contributed by atoms with Crippen molar-refractivity contribution in [2.75, 3.05) is 26.2 Å². The molecule has 25 heavy (non-hydrogen) atoms. The van der Waals surface area contributed by atoms with Crippen molar-refractivity contribution in [1.29, 1.82) is 0 Å². The Bertz CT molecular complexity index is 597. The second-order valence-corrected chi connectivity index (χ2v) is 9.40. The van der Waals surface area contributed by atoms with Crippen LogP contribution >= 0.6 is 0 Å². The third-order valence-corrected chi connectivity index (χ3v) is 7.55. The van der Waals surface area contributed by atoms with Crippen molar-refractivity contribution in [2.45, 2.75) is 45.1 Å². The molecule has 1 saturated heterocycles. The van der Waals surface area contributed by atoms with Gasteiger partial charge in [-0.25, -0.2) is 0 Å². The summed E-state index contributed by atoms with van der Waals surface area (Å²) < 4.78 is 0. The molecule has 4 bridgehead atoms. The molecule has 1 aliphatic heterocycles. The summed E-state index contributed by atoms with van der Waals surface area (Å²) in [6.45, 7) is 5.23. The van der Waals surface area contributed by atoms with Crippen LogP contribution in [0.3, 0.4) is 0 Å². The largest absolute Gasteiger partial charge is 0.331 e. The van der Waals surface area contributed by atoms with Crippen LogP contribution in [0.2, 0.25) is 0 Å². The Hall–Kier alpha value is -1.35. The van der Waals surface area contributed by atoms with Crippen molar-refractivity contribution < 1.29 is 9.69 Å². The van der Waals surface area contributed by atoms with Crippen LogP contribution < -0.4 is 4.90 Å². The van der Waals surface area contributed by atoms with Gasteiger partial charge in [-0.1, -0.05) is 30.3 Å². The quantitative estimate of drug-likeness (QED) is 0.896. The topological polar surface area (TPSA) is 24.8 Å². The zero-order valence-electron chi connectivity index (χ0n) is 15.3. The predicted molar refractivity (Wildman–Crippen MR) is 98.0 cm³/mol. The monoisotopic (exact) mass is 339 g/mol. The average molecular weight is 340 g/mol. The Kier molecular flexibility index (Phi) is 3.89. The van der Waals surface area contributed by atoms with Gasteiger partial charge in [0.2, 0.25) is 5.91 Å². The van der Waals surface area contributed by atoms with Crippen LogP contribution in [-0.2, 0) is 11.3 Å². The molecule has 0 spiro atoms. The molecule has 0 aromatic heterocycles. The minimum Gasteiger partial charge on any atom is -0.331 e. The highest BCUT2D eigenvalue weighted by molar-refractivity contribution is 5.83. The molecule has 3 nitrogen and oxygen atoms in total. The first-order valence-corrected chi connectivity index (χ1v) is 10.4. The second-order valence-electron chi connectivity index (χ2n) is 9.40. The zero-order valence-corrected chi connectivity index (χ0v) is 15.3. The van der Waals surface area contributed by atoms with E-state index < -0.39 is 0 Å². The van der Waals surface area contributed by atoms with Gasteiger partial charge in [0, 0.05) is 5.56 Å². The van der Waals surface area contributed by atoms with Crippen molar-refractivity contribution >= 4 is 5.91 Å². The van der Waals surface area contributed by atoms with Crippen LogP contribution in [0.1, 0.15) is 44.1 Å². The van der Waals surface area contributed by atoms with Gasteiger partial charge in [0.05, 0.1) is 31.6 Å². The number of hydrogen-bond acceptors (Lipinski definition) is 1. The molecule has 5 fully saturated rings. The maximum Gasteiger partial charge on any atom is 0.229 e. The summed E-state index contributed by atoms with van der Waals surface area (Å²) >= 11 is 0. The minimum absolute atomic E-state index is 0.0473. The fourth-order valence-corrected chi connectivity index (χ4v) is 6.80. The first-order chi connectivity index (χ1) is 12.2. The van der Waals surface area contributed by atoms with Crippen LogP contribution in [0.15, 0.2) is 30.3 Å². The van der Waals surface area contributed by atoms with Crippen LogP contribution in [0.25, 0.3) is 0 Å². The lowest BCUT2D eigenvalue weighted by Gasteiger charge is -2.56. The molecule has 1 N–H and O–H groups in total. The number of carbonyl (C=O) groups is 1. The van der Waals surface area contributed by atoms with E-state index in [9.17, 15) is 4.79 Å². The summed E-state index contributed by atoms with van der Waals surface area (Å²) in [6, 6.07) is 10.8. The Labute approximate surface area is 151 Å². The Balaban J connectivity index is 1.22. The van der Waals surface area contributed by atoms with Crippen LogP contribution in [-0.4, -0.2) is 37.0 Å². The standard InChI is InChI=1S/C22H30N2O/c25-21(22-13-18-10-19(14-22)12-20(11-18)15-22)24-8-6-23(7-9-24)16-17-4-2-1-3-5-17/h1-5,18-20H,6-16H2/p+1. The molecule has 134 valence electrons. The summed E-state index contributed by atoms with van der Waals surface area (Å²) in [5.41, 5.74) is 1.46. The molecule has 1 amide bonds. The lowest BCUT2D eigenvalue weighted by Crippen LogP contribution is -3.13. The molecule has 1 aromatic rings. The fraction of sp³-hybridized carbons (Fsp3) is 0.682. The molecule has 4 saturated carbocycles. The Morgan fingerprint density at radius 2 is 1.52 bits per heavy atom. The lowest BCUT2D eigenvalue weighted by atomic mass is 9.49. The average Bonchev–Trinajstić information content (AvgIpc) is 2.61. The molecule has 0 radical (unpaired) electrons. The van der Waals surface area contributed by atoms with Gasteiger partial charge in [-0.15, -0.1) is 0 Å². The maximum absolute atomic E-state index is 13.4. The van der Waals surface area contributed by atoms with E-state index in [1.54, 1.807) is 4.90 Å². The van der Waals surface area contributed by atoms with Gasteiger partial charge in [0.25, 0.3) is 0 Å². The Morgan fingerprint density at radius 3 is 2.08 bits per heavy atom. The molecule has 6 rings (SSSR count). The van der Waals surface area contributed by atoms with Gasteiger partial charge >= 0.3 is 0 Å². The summed E-state index contributed by atoms with van der Waals surface area (Å²) in [5, 5.41) is 0. The van der Waals surface area contributed by atoms with Crippen molar-refractivity contribution in [1.82, 2.24) is 4.90 Å². The second kappa shape index (κ2) is 6.12.